The number of nitrogens with zero attached hydrogens (tertiary/aromatic N) is 2. The van der Waals surface area contributed by atoms with Crippen LogP contribution in [-0.4, -0.2) is 10.2 Å². The lowest BCUT2D eigenvalue weighted by Gasteiger charge is -2.03. The molecule has 0 radical (unpaired) electrons. The first kappa shape index (κ1) is 11.5. The van der Waals surface area contributed by atoms with Gasteiger partial charge in [-0.3, -0.25) is 4.79 Å². The molecule has 1 aromatic heterocycles. The molecule has 0 aliphatic rings. The number of rotatable bonds is 2. The molecular formula is C8H2ClF3N2O. The molecule has 0 aliphatic carbocycles. The van der Waals surface area contributed by atoms with E-state index in [1.54, 1.807) is 0 Å². The highest BCUT2D eigenvalue weighted by atomic mass is 35.5. The van der Waals surface area contributed by atoms with Gasteiger partial charge in [0.2, 0.25) is 0 Å². The molecule has 0 N–H and O–H groups in total. The third-order valence-electron chi connectivity index (χ3n) is 1.53. The van der Waals surface area contributed by atoms with Crippen LogP contribution in [0.2, 0.25) is 0 Å². The van der Waals surface area contributed by atoms with Crippen molar-refractivity contribution < 1.29 is 18.0 Å². The fourth-order valence-corrected chi connectivity index (χ4v) is 1.04. The second-order valence-electron chi connectivity index (χ2n) is 2.44. The molecule has 7 heteroatoms. The zero-order valence-electron chi connectivity index (χ0n) is 6.97. The predicted molar refractivity (Wildman–Crippen MR) is 44.1 cm³/mol. The Hall–Kier alpha value is -1.61. The Balaban J connectivity index is 3.44. The van der Waals surface area contributed by atoms with Crippen LogP contribution in [0.15, 0.2) is 6.07 Å². The van der Waals surface area contributed by atoms with Gasteiger partial charge in [-0.05, 0) is 17.7 Å². The first-order valence-corrected chi connectivity index (χ1v) is 3.93. The maximum atomic E-state index is 12.9. The molecule has 0 fully saturated rings. The fraction of sp³-hybridized carbons (Fsp3) is 0.125. The van der Waals surface area contributed by atoms with Gasteiger partial charge in [0.1, 0.15) is 11.8 Å². The number of alkyl halides is 2. The van der Waals surface area contributed by atoms with E-state index in [0.717, 1.165) is 0 Å². The number of carbonyl (C=O) groups is 1. The lowest BCUT2D eigenvalue weighted by Crippen LogP contribution is -2.04. The molecule has 0 spiro atoms. The van der Waals surface area contributed by atoms with E-state index < -0.39 is 34.4 Å². The highest BCUT2D eigenvalue weighted by Crippen LogP contribution is 2.22. The van der Waals surface area contributed by atoms with E-state index in [1.807, 2.05) is 0 Å². The van der Waals surface area contributed by atoms with Crippen LogP contribution in [0.4, 0.5) is 13.2 Å². The molecule has 0 aromatic carbocycles. The van der Waals surface area contributed by atoms with Crippen LogP contribution in [0.3, 0.4) is 0 Å². The summed E-state index contributed by atoms with van der Waals surface area (Å²) in [5, 5.41) is 7.35. The Kier molecular flexibility index (Phi) is 3.27. The van der Waals surface area contributed by atoms with Gasteiger partial charge >= 0.3 is 0 Å². The molecule has 0 unspecified atom stereocenters. The lowest BCUT2D eigenvalue weighted by atomic mass is 10.2. The van der Waals surface area contributed by atoms with Crippen molar-refractivity contribution >= 4 is 16.8 Å². The van der Waals surface area contributed by atoms with Gasteiger partial charge in [-0.2, -0.15) is 5.26 Å². The standard InChI is InChI=1S/C8H2ClF3N2O/c9-7(15)3-1-4(10)6(8(11)12)14-5(3)2-13/h1,8H. The van der Waals surface area contributed by atoms with Crippen LogP contribution in [0.1, 0.15) is 28.2 Å². The molecule has 1 heterocycles. The van der Waals surface area contributed by atoms with E-state index in [0.29, 0.717) is 6.07 Å². The summed E-state index contributed by atoms with van der Waals surface area (Å²) in [6.07, 6.45) is -3.16. The van der Waals surface area contributed by atoms with Gasteiger partial charge in [0.05, 0.1) is 5.56 Å². The first-order valence-electron chi connectivity index (χ1n) is 3.56. The van der Waals surface area contributed by atoms with Gasteiger partial charge in [0, 0.05) is 0 Å². The van der Waals surface area contributed by atoms with Crippen molar-refractivity contribution in [1.82, 2.24) is 4.98 Å². The quantitative estimate of drug-likeness (QED) is 0.739. The van der Waals surface area contributed by atoms with Crippen molar-refractivity contribution in [3.63, 3.8) is 0 Å². The van der Waals surface area contributed by atoms with Crippen molar-refractivity contribution in [2.24, 2.45) is 0 Å². The van der Waals surface area contributed by atoms with Gasteiger partial charge in [0.25, 0.3) is 11.7 Å². The van der Waals surface area contributed by atoms with Gasteiger partial charge in [-0.25, -0.2) is 18.2 Å². The summed E-state index contributed by atoms with van der Waals surface area (Å²) >= 11 is 5.01. The SMILES string of the molecule is N#Cc1nc(C(F)F)c(F)cc1C(=O)Cl. The van der Waals surface area contributed by atoms with E-state index in [-0.39, 0.29) is 0 Å². The Morgan fingerprint density at radius 2 is 2.20 bits per heavy atom. The van der Waals surface area contributed by atoms with Crippen LogP contribution in [-0.2, 0) is 0 Å². The first-order chi connectivity index (χ1) is 6.97. The summed E-state index contributed by atoms with van der Waals surface area (Å²) in [5.41, 5.74) is -2.32. The van der Waals surface area contributed by atoms with Crippen molar-refractivity contribution in [3.8, 4) is 6.07 Å². The predicted octanol–water partition coefficient (Wildman–Crippen LogP) is 2.41. The highest BCUT2D eigenvalue weighted by Gasteiger charge is 2.21. The summed E-state index contributed by atoms with van der Waals surface area (Å²) in [6, 6.07) is 1.86. The Morgan fingerprint density at radius 1 is 1.60 bits per heavy atom. The van der Waals surface area contributed by atoms with Crippen molar-refractivity contribution in [1.29, 1.82) is 5.26 Å². The van der Waals surface area contributed by atoms with E-state index in [2.05, 4.69) is 4.98 Å². The second-order valence-corrected chi connectivity index (χ2v) is 2.78. The zero-order chi connectivity index (χ0) is 11.6. The number of nitriles is 1. The summed E-state index contributed by atoms with van der Waals surface area (Å²) in [5.74, 6) is -1.37. The van der Waals surface area contributed by atoms with Gasteiger partial charge in [-0.1, -0.05) is 0 Å². The maximum Gasteiger partial charge on any atom is 0.283 e. The molecule has 1 aromatic rings. The highest BCUT2D eigenvalue weighted by molar-refractivity contribution is 6.67. The third-order valence-corrected chi connectivity index (χ3v) is 1.73. The van der Waals surface area contributed by atoms with Crippen LogP contribution in [0, 0.1) is 17.1 Å². The Bertz CT molecular complexity index is 456. The molecule has 0 saturated carbocycles. The molecule has 0 atom stereocenters. The van der Waals surface area contributed by atoms with Gasteiger partial charge in [0.15, 0.2) is 11.5 Å². The van der Waals surface area contributed by atoms with Gasteiger partial charge in [-0.15, -0.1) is 0 Å². The van der Waals surface area contributed by atoms with E-state index >= 15 is 0 Å². The zero-order valence-corrected chi connectivity index (χ0v) is 7.73. The van der Waals surface area contributed by atoms with Crippen LogP contribution in [0.5, 0.6) is 0 Å². The number of carbonyl (C=O) groups excluding carboxylic acids is 1. The van der Waals surface area contributed by atoms with Crippen LogP contribution < -0.4 is 0 Å². The summed E-state index contributed by atoms with van der Waals surface area (Å²) in [6.45, 7) is 0. The van der Waals surface area contributed by atoms with Crippen molar-refractivity contribution in [3.05, 3.63) is 28.8 Å². The number of pyridine rings is 1. The molecule has 1 rings (SSSR count). The summed E-state index contributed by atoms with van der Waals surface area (Å²) in [7, 11) is 0. The van der Waals surface area contributed by atoms with Crippen LogP contribution in [0.25, 0.3) is 0 Å². The largest absolute Gasteiger partial charge is 0.283 e. The summed E-state index contributed by atoms with van der Waals surface area (Å²) < 4.78 is 37.2. The van der Waals surface area contributed by atoms with E-state index in [4.69, 9.17) is 16.9 Å². The number of aromatic nitrogens is 1. The third kappa shape index (κ3) is 2.25. The normalized spacial score (nSPS) is 10.1. The average molecular weight is 235 g/mol. The monoisotopic (exact) mass is 234 g/mol. The van der Waals surface area contributed by atoms with E-state index in [9.17, 15) is 18.0 Å². The van der Waals surface area contributed by atoms with Gasteiger partial charge < -0.3 is 0 Å². The molecule has 0 bridgehead atoms. The molecule has 15 heavy (non-hydrogen) atoms. The fourth-order valence-electron chi connectivity index (χ4n) is 0.891. The smallest absolute Gasteiger partial charge is 0.275 e. The molecule has 0 amide bonds. The average Bonchev–Trinajstić information content (AvgIpc) is 2.16. The Labute approximate surface area is 87.1 Å². The van der Waals surface area contributed by atoms with Crippen molar-refractivity contribution in [2.45, 2.75) is 6.43 Å². The lowest BCUT2D eigenvalue weighted by molar-refractivity contribution is 0.107. The minimum atomic E-state index is -3.16. The minimum absolute atomic E-state index is 0.475. The maximum absolute atomic E-state index is 12.9. The molecule has 0 aliphatic heterocycles. The topological polar surface area (TPSA) is 53.8 Å². The number of halogens is 4. The number of hydrogen-bond acceptors (Lipinski definition) is 3. The second kappa shape index (κ2) is 4.28. The molecular weight excluding hydrogens is 233 g/mol. The van der Waals surface area contributed by atoms with E-state index in [1.165, 1.54) is 6.07 Å². The van der Waals surface area contributed by atoms with Crippen LogP contribution >= 0.6 is 11.6 Å². The molecule has 0 saturated heterocycles. The number of hydrogen-bond donors (Lipinski definition) is 0. The van der Waals surface area contributed by atoms with Crippen molar-refractivity contribution in [2.75, 3.05) is 0 Å². The molecule has 78 valence electrons. The minimum Gasteiger partial charge on any atom is -0.275 e. The molecule has 3 nitrogen and oxygen atoms in total. The Morgan fingerprint density at radius 3 is 2.60 bits per heavy atom. The summed E-state index contributed by atoms with van der Waals surface area (Å²) in [4.78, 5) is 13.7.